The number of nitrogens with one attached hydrogen (secondary N) is 1. The van der Waals surface area contributed by atoms with Crippen molar-refractivity contribution in [1.82, 2.24) is 0 Å². The molecule has 118 valence electrons. The largest absolute Gasteiger partial charge is 0.493 e. The zero-order valence-electron chi connectivity index (χ0n) is 13.5. The maximum atomic E-state index is 10.0. The van der Waals surface area contributed by atoms with Crippen LogP contribution in [0, 0.1) is 6.92 Å². The van der Waals surface area contributed by atoms with Crippen LogP contribution < -0.4 is 14.4 Å². The predicted octanol–water partition coefficient (Wildman–Crippen LogP) is 0.742. The number of methoxy groups -OCH3 is 1. The van der Waals surface area contributed by atoms with Gasteiger partial charge in [-0.1, -0.05) is 12.2 Å². The molecule has 4 rings (SSSR count). The highest BCUT2D eigenvalue weighted by Crippen LogP contribution is 2.55. The van der Waals surface area contributed by atoms with Gasteiger partial charge in [-0.15, -0.1) is 0 Å². The zero-order chi connectivity index (χ0) is 15.5. The maximum Gasteiger partial charge on any atom is 0.166 e. The molecule has 1 spiro atoms. The topological polar surface area (TPSA) is 43.1 Å². The average molecular weight is 302 g/mol. The second-order valence-electron chi connectivity index (χ2n) is 7.02. The Morgan fingerprint density at radius 2 is 2.27 bits per heavy atom. The first-order valence-electron chi connectivity index (χ1n) is 8.11. The minimum atomic E-state index is -0.409. The quantitative estimate of drug-likeness (QED) is 0.752. The molecule has 4 heteroatoms. The molecule has 2 heterocycles. The average Bonchev–Trinajstić information content (AvgIpc) is 2.74. The molecule has 0 fully saturated rings. The fraction of sp³-hybridized carbons (Fsp3) is 0.556. The Morgan fingerprint density at radius 3 is 3.05 bits per heavy atom. The van der Waals surface area contributed by atoms with E-state index in [1.165, 1.54) is 21.6 Å². The monoisotopic (exact) mass is 302 g/mol. The van der Waals surface area contributed by atoms with Crippen LogP contribution in [0.25, 0.3) is 0 Å². The second-order valence-corrected chi connectivity index (χ2v) is 7.02. The van der Waals surface area contributed by atoms with Crippen LogP contribution >= 0.6 is 0 Å². The third kappa shape index (κ3) is 1.77. The Bertz CT molecular complexity index is 654. The van der Waals surface area contributed by atoms with Crippen LogP contribution in [0.4, 0.5) is 0 Å². The Kier molecular flexibility index (Phi) is 3.03. The van der Waals surface area contributed by atoms with Crippen LogP contribution in [0.3, 0.4) is 0 Å². The number of hydrogen-bond acceptors (Lipinski definition) is 3. The van der Waals surface area contributed by atoms with Gasteiger partial charge in [0.2, 0.25) is 0 Å². The highest BCUT2D eigenvalue weighted by atomic mass is 16.5. The van der Waals surface area contributed by atoms with Gasteiger partial charge >= 0.3 is 0 Å². The molecule has 0 bridgehead atoms. The summed E-state index contributed by atoms with van der Waals surface area (Å²) < 4.78 is 11.9. The van der Waals surface area contributed by atoms with Crippen molar-refractivity contribution in [2.75, 3.05) is 20.7 Å². The van der Waals surface area contributed by atoms with Crippen LogP contribution in [-0.2, 0) is 12.0 Å². The molecule has 0 saturated heterocycles. The van der Waals surface area contributed by atoms with Crippen LogP contribution in [0.5, 0.6) is 11.5 Å². The highest BCUT2D eigenvalue weighted by molar-refractivity contribution is 5.62. The maximum absolute atomic E-state index is 10.0. The van der Waals surface area contributed by atoms with E-state index < -0.39 is 6.10 Å². The molecule has 22 heavy (non-hydrogen) atoms. The van der Waals surface area contributed by atoms with Gasteiger partial charge < -0.3 is 19.5 Å². The van der Waals surface area contributed by atoms with Gasteiger partial charge in [0.15, 0.2) is 11.5 Å². The first-order valence-corrected chi connectivity index (χ1v) is 8.11. The molecule has 3 aliphatic rings. The fourth-order valence-corrected chi connectivity index (χ4v) is 4.41. The summed E-state index contributed by atoms with van der Waals surface area (Å²) in [4.78, 5) is 1.53. The first kappa shape index (κ1) is 14.1. The van der Waals surface area contributed by atoms with E-state index in [2.05, 4.69) is 26.1 Å². The Morgan fingerprint density at radius 1 is 1.45 bits per heavy atom. The minimum absolute atomic E-state index is 0.0165. The van der Waals surface area contributed by atoms with Crippen molar-refractivity contribution < 1.29 is 19.5 Å². The van der Waals surface area contributed by atoms with Crippen LogP contribution in [0.2, 0.25) is 0 Å². The number of aliphatic hydroxyl groups is 1. The van der Waals surface area contributed by atoms with E-state index in [9.17, 15) is 5.11 Å². The number of hydrogen-bond donors (Lipinski definition) is 2. The molecule has 0 saturated carbocycles. The number of ether oxygens (including phenoxy) is 2. The number of benzene rings is 1. The van der Waals surface area contributed by atoms with E-state index in [1.54, 1.807) is 7.11 Å². The summed E-state index contributed by atoms with van der Waals surface area (Å²) in [5.74, 6) is 1.73. The number of aryl methyl sites for hydroxylation is 1. The van der Waals surface area contributed by atoms with Gasteiger partial charge in [0.1, 0.15) is 12.6 Å². The zero-order valence-corrected chi connectivity index (χ0v) is 13.5. The summed E-state index contributed by atoms with van der Waals surface area (Å²) in [6.07, 6.45) is 5.48. The molecule has 1 aliphatic carbocycles. The van der Waals surface area contributed by atoms with E-state index in [0.29, 0.717) is 6.42 Å². The summed E-state index contributed by atoms with van der Waals surface area (Å²) in [6.45, 7) is 4.29. The smallest absolute Gasteiger partial charge is 0.166 e. The van der Waals surface area contributed by atoms with Gasteiger partial charge in [0, 0.05) is 24.0 Å². The minimum Gasteiger partial charge on any atom is -0.493 e. The summed E-state index contributed by atoms with van der Waals surface area (Å²) in [5, 5.41) is 10.0. The third-order valence-electron chi connectivity index (χ3n) is 5.61. The van der Waals surface area contributed by atoms with Gasteiger partial charge in [0.05, 0.1) is 32.2 Å². The molecule has 2 aliphatic heterocycles. The van der Waals surface area contributed by atoms with Gasteiger partial charge in [0.25, 0.3) is 0 Å². The lowest BCUT2D eigenvalue weighted by atomic mass is 9.68. The SMILES string of the molecule is COc1cc(C)c2c3c1O[C@H]1C[C@@H](O)C=C[C@@]31CC[NH+](C)C2. The van der Waals surface area contributed by atoms with Crippen molar-refractivity contribution in [2.45, 2.75) is 43.9 Å². The van der Waals surface area contributed by atoms with E-state index >= 15 is 0 Å². The molecule has 1 aromatic rings. The molecule has 0 amide bonds. The Labute approximate surface area is 131 Å². The number of quaternary nitrogens is 1. The van der Waals surface area contributed by atoms with Crippen molar-refractivity contribution in [3.05, 3.63) is 34.9 Å². The predicted molar refractivity (Wildman–Crippen MR) is 83.7 cm³/mol. The Hall–Kier alpha value is -1.52. The lowest BCUT2D eigenvalue weighted by Gasteiger charge is -2.35. The molecular weight excluding hydrogens is 278 g/mol. The first-order chi connectivity index (χ1) is 10.5. The van der Waals surface area contributed by atoms with Crippen LogP contribution in [-0.4, -0.2) is 38.0 Å². The summed E-state index contributed by atoms with van der Waals surface area (Å²) in [5.41, 5.74) is 3.89. The third-order valence-corrected chi connectivity index (χ3v) is 5.61. The van der Waals surface area contributed by atoms with Crippen molar-refractivity contribution in [2.24, 2.45) is 0 Å². The van der Waals surface area contributed by atoms with Crippen molar-refractivity contribution in [3.63, 3.8) is 0 Å². The molecule has 4 atom stereocenters. The number of rotatable bonds is 1. The molecule has 1 aromatic carbocycles. The Balaban J connectivity index is 2.00. The molecule has 4 nitrogen and oxygen atoms in total. The lowest BCUT2D eigenvalue weighted by Crippen LogP contribution is -3.07. The van der Waals surface area contributed by atoms with E-state index in [-0.39, 0.29) is 11.5 Å². The van der Waals surface area contributed by atoms with Crippen molar-refractivity contribution >= 4 is 0 Å². The second kappa shape index (κ2) is 4.74. The normalized spacial score (nSPS) is 35.4. The molecule has 2 N–H and O–H groups in total. The van der Waals surface area contributed by atoms with E-state index in [1.807, 2.05) is 6.08 Å². The summed E-state index contributed by atoms with van der Waals surface area (Å²) >= 11 is 0. The molecule has 0 aromatic heterocycles. The number of aliphatic hydroxyl groups excluding tert-OH is 1. The summed E-state index contributed by atoms with van der Waals surface area (Å²) in [7, 11) is 3.96. The standard InChI is InChI=1S/C18H23NO3/c1-11-8-14(21-3)17-16-13(11)10-19(2)7-6-18(16)5-4-12(20)9-15(18)22-17/h4-5,8,12,15,20H,6-7,9-10H2,1-3H3/p+1/t12-,15-,18-/m0/s1. The van der Waals surface area contributed by atoms with Crippen molar-refractivity contribution in [1.29, 1.82) is 0 Å². The van der Waals surface area contributed by atoms with Crippen LogP contribution in [0.1, 0.15) is 29.5 Å². The van der Waals surface area contributed by atoms with Gasteiger partial charge in [-0.25, -0.2) is 0 Å². The van der Waals surface area contributed by atoms with Crippen LogP contribution in [0.15, 0.2) is 18.2 Å². The van der Waals surface area contributed by atoms with E-state index in [4.69, 9.17) is 9.47 Å². The highest BCUT2D eigenvalue weighted by Gasteiger charge is 2.53. The summed E-state index contributed by atoms with van der Waals surface area (Å²) in [6, 6.07) is 2.10. The molecular formula is C18H24NO3+. The fourth-order valence-electron chi connectivity index (χ4n) is 4.41. The molecule has 0 radical (unpaired) electrons. The lowest BCUT2D eigenvalue weighted by molar-refractivity contribution is -0.893. The molecule has 1 unspecified atom stereocenters. The van der Waals surface area contributed by atoms with Gasteiger partial charge in [-0.2, -0.15) is 0 Å². The van der Waals surface area contributed by atoms with Gasteiger partial charge in [-0.3, -0.25) is 0 Å². The van der Waals surface area contributed by atoms with E-state index in [0.717, 1.165) is 31.0 Å². The van der Waals surface area contributed by atoms with Gasteiger partial charge in [-0.05, 0) is 18.6 Å². The van der Waals surface area contributed by atoms with Crippen molar-refractivity contribution in [3.8, 4) is 11.5 Å².